The maximum atomic E-state index is 12.6. The first-order valence-corrected chi connectivity index (χ1v) is 8.94. The van der Waals surface area contributed by atoms with E-state index in [2.05, 4.69) is 10.6 Å². The molecule has 0 aliphatic carbocycles. The fraction of sp³-hybridized carbons (Fsp3) is 0.333. The second-order valence-electron chi connectivity index (χ2n) is 6.99. The Hall–Kier alpha value is -2.83. The van der Waals surface area contributed by atoms with Gasteiger partial charge in [-0.05, 0) is 47.9 Å². The average Bonchev–Trinajstić information content (AvgIpc) is 2.62. The fourth-order valence-electron chi connectivity index (χ4n) is 2.53. The molecule has 0 aliphatic heterocycles. The zero-order chi connectivity index (χ0) is 20.9. The van der Waals surface area contributed by atoms with E-state index in [0.717, 1.165) is 12.1 Å². The zero-order valence-corrected chi connectivity index (χ0v) is 15.9. The van der Waals surface area contributed by atoms with Gasteiger partial charge in [-0.2, -0.15) is 13.2 Å². The SMILES string of the molecule is CC(C)C(=O)Nc1ccc(NC(=O)CC(C)c2ccc(C(F)(F)F)cc2)cc1. The quantitative estimate of drug-likeness (QED) is 0.688. The van der Waals surface area contributed by atoms with Gasteiger partial charge < -0.3 is 10.6 Å². The van der Waals surface area contributed by atoms with Crippen molar-refractivity contribution in [2.75, 3.05) is 10.6 Å². The molecule has 2 N–H and O–H groups in total. The van der Waals surface area contributed by atoms with Crippen LogP contribution in [0.1, 0.15) is 44.2 Å². The Balaban J connectivity index is 1.91. The van der Waals surface area contributed by atoms with Crippen LogP contribution < -0.4 is 10.6 Å². The van der Waals surface area contributed by atoms with Crippen molar-refractivity contribution in [3.8, 4) is 0 Å². The molecule has 0 radical (unpaired) electrons. The number of alkyl halides is 3. The smallest absolute Gasteiger partial charge is 0.326 e. The molecular weight excluding hydrogens is 369 g/mol. The molecule has 0 aliphatic rings. The largest absolute Gasteiger partial charge is 0.416 e. The van der Waals surface area contributed by atoms with E-state index in [4.69, 9.17) is 0 Å². The first-order valence-electron chi connectivity index (χ1n) is 8.94. The Morgan fingerprint density at radius 3 is 1.82 bits per heavy atom. The lowest BCUT2D eigenvalue weighted by atomic mass is 9.96. The summed E-state index contributed by atoms with van der Waals surface area (Å²) in [4.78, 5) is 23.9. The van der Waals surface area contributed by atoms with Crippen molar-refractivity contribution in [1.29, 1.82) is 0 Å². The van der Waals surface area contributed by atoms with Gasteiger partial charge >= 0.3 is 6.18 Å². The van der Waals surface area contributed by atoms with Gasteiger partial charge in [0.05, 0.1) is 5.56 Å². The molecule has 0 fully saturated rings. The Kier molecular flexibility index (Phi) is 6.83. The number of halogens is 3. The van der Waals surface area contributed by atoms with Crippen LogP contribution in [0.3, 0.4) is 0 Å². The number of hydrogen-bond acceptors (Lipinski definition) is 2. The summed E-state index contributed by atoms with van der Waals surface area (Å²) < 4.78 is 37.9. The number of anilines is 2. The molecule has 0 bridgehead atoms. The van der Waals surface area contributed by atoms with Gasteiger partial charge in [0.1, 0.15) is 0 Å². The molecule has 28 heavy (non-hydrogen) atoms. The number of benzene rings is 2. The van der Waals surface area contributed by atoms with Crippen LogP contribution in [-0.2, 0) is 15.8 Å². The standard InChI is InChI=1S/C21H23F3N2O2/c1-13(2)20(28)26-18-10-8-17(9-11-18)25-19(27)12-14(3)15-4-6-16(7-5-15)21(22,23)24/h4-11,13-14H,12H2,1-3H3,(H,25,27)(H,26,28). The summed E-state index contributed by atoms with van der Waals surface area (Å²) in [5, 5.41) is 5.51. The van der Waals surface area contributed by atoms with Crippen LogP contribution in [0.2, 0.25) is 0 Å². The fourth-order valence-corrected chi connectivity index (χ4v) is 2.53. The predicted octanol–water partition coefficient (Wildman–Crippen LogP) is 5.43. The summed E-state index contributed by atoms with van der Waals surface area (Å²) in [5.41, 5.74) is 1.16. The van der Waals surface area contributed by atoms with Crippen molar-refractivity contribution in [3.63, 3.8) is 0 Å². The summed E-state index contributed by atoms with van der Waals surface area (Å²) in [7, 11) is 0. The van der Waals surface area contributed by atoms with Crippen LogP contribution in [0, 0.1) is 5.92 Å². The minimum atomic E-state index is -4.38. The normalized spacial score (nSPS) is 12.5. The third-order valence-electron chi connectivity index (χ3n) is 4.26. The van der Waals surface area contributed by atoms with E-state index in [9.17, 15) is 22.8 Å². The van der Waals surface area contributed by atoms with Gasteiger partial charge in [-0.25, -0.2) is 0 Å². The maximum absolute atomic E-state index is 12.6. The van der Waals surface area contributed by atoms with Gasteiger partial charge in [-0.3, -0.25) is 9.59 Å². The molecule has 0 heterocycles. The minimum absolute atomic E-state index is 0.0952. The Bertz CT molecular complexity index is 813. The highest BCUT2D eigenvalue weighted by Crippen LogP contribution is 2.30. The second-order valence-corrected chi connectivity index (χ2v) is 6.99. The number of carbonyl (C=O) groups excluding carboxylic acids is 2. The summed E-state index contributed by atoms with van der Waals surface area (Å²) in [6.45, 7) is 5.37. The summed E-state index contributed by atoms with van der Waals surface area (Å²) in [6, 6.07) is 11.6. The minimum Gasteiger partial charge on any atom is -0.326 e. The first kappa shape index (κ1) is 21.5. The molecule has 1 unspecified atom stereocenters. The number of amides is 2. The molecule has 0 spiro atoms. The molecule has 0 aromatic heterocycles. The zero-order valence-electron chi connectivity index (χ0n) is 15.9. The molecule has 2 amide bonds. The van der Waals surface area contributed by atoms with Crippen LogP contribution >= 0.6 is 0 Å². The van der Waals surface area contributed by atoms with E-state index < -0.39 is 11.7 Å². The number of carbonyl (C=O) groups is 2. The summed E-state index contributed by atoms with van der Waals surface area (Å²) in [6.07, 6.45) is -4.24. The molecule has 7 heteroatoms. The monoisotopic (exact) mass is 392 g/mol. The van der Waals surface area contributed by atoms with Gasteiger partial charge in [-0.1, -0.05) is 32.9 Å². The number of nitrogens with one attached hydrogen (secondary N) is 2. The highest BCUT2D eigenvalue weighted by Gasteiger charge is 2.30. The number of rotatable bonds is 6. The molecule has 0 saturated carbocycles. The Morgan fingerprint density at radius 2 is 1.36 bits per heavy atom. The van der Waals surface area contributed by atoms with Crippen molar-refractivity contribution in [1.82, 2.24) is 0 Å². The van der Waals surface area contributed by atoms with Gasteiger partial charge in [0, 0.05) is 23.7 Å². The molecule has 2 rings (SSSR count). The van der Waals surface area contributed by atoms with Gasteiger partial charge in [0.2, 0.25) is 11.8 Å². The lowest BCUT2D eigenvalue weighted by Crippen LogP contribution is -2.18. The van der Waals surface area contributed by atoms with E-state index in [0.29, 0.717) is 16.9 Å². The predicted molar refractivity (Wildman–Crippen MR) is 103 cm³/mol. The molecule has 2 aromatic rings. The van der Waals surface area contributed by atoms with Crippen molar-refractivity contribution < 1.29 is 22.8 Å². The van der Waals surface area contributed by atoms with Crippen molar-refractivity contribution in [2.45, 2.75) is 39.3 Å². The average molecular weight is 392 g/mol. The molecular formula is C21H23F3N2O2. The molecule has 0 saturated heterocycles. The van der Waals surface area contributed by atoms with Crippen LogP contribution in [0.5, 0.6) is 0 Å². The van der Waals surface area contributed by atoms with E-state index in [1.807, 2.05) is 0 Å². The topological polar surface area (TPSA) is 58.2 Å². The van der Waals surface area contributed by atoms with Gasteiger partial charge in [0.15, 0.2) is 0 Å². The van der Waals surface area contributed by atoms with E-state index in [-0.39, 0.29) is 30.1 Å². The molecule has 2 aromatic carbocycles. The van der Waals surface area contributed by atoms with E-state index in [1.54, 1.807) is 45.0 Å². The van der Waals surface area contributed by atoms with Gasteiger partial charge in [0.25, 0.3) is 0 Å². The highest BCUT2D eigenvalue weighted by molar-refractivity contribution is 5.93. The Morgan fingerprint density at radius 1 is 0.857 bits per heavy atom. The number of hydrogen-bond donors (Lipinski definition) is 2. The van der Waals surface area contributed by atoms with Crippen LogP contribution in [0.4, 0.5) is 24.5 Å². The second kappa shape index (κ2) is 8.91. The summed E-state index contributed by atoms with van der Waals surface area (Å²) >= 11 is 0. The molecule has 4 nitrogen and oxygen atoms in total. The Labute approximate surface area is 162 Å². The van der Waals surface area contributed by atoms with E-state index >= 15 is 0 Å². The maximum Gasteiger partial charge on any atom is 0.416 e. The lowest BCUT2D eigenvalue weighted by molar-refractivity contribution is -0.137. The van der Waals surface area contributed by atoms with Crippen LogP contribution in [0.15, 0.2) is 48.5 Å². The molecule has 1 atom stereocenters. The lowest BCUT2D eigenvalue weighted by Gasteiger charge is -2.14. The van der Waals surface area contributed by atoms with Crippen molar-refractivity contribution in [2.24, 2.45) is 5.92 Å². The van der Waals surface area contributed by atoms with Crippen LogP contribution in [0.25, 0.3) is 0 Å². The highest BCUT2D eigenvalue weighted by atomic mass is 19.4. The van der Waals surface area contributed by atoms with Crippen LogP contribution in [-0.4, -0.2) is 11.8 Å². The summed E-state index contributed by atoms with van der Waals surface area (Å²) in [5.74, 6) is -0.702. The third-order valence-corrected chi connectivity index (χ3v) is 4.26. The van der Waals surface area contributed by atoms with Crippen molar-refractivity contribution >= 4 is 23.2 Å². The van der Waals surface area contributed by atoms with Gasteiger partial charge in [-0.15, -0.1) is 0 Å². The van der Waals surface area contributed by atoms with E-state index in [1.165, 1.54) is 12.1 Å². The molecule has 150 valence electrons. The first-order chi connectivity index (χ1) is 13.1. The van der Waals surface area contributed by atoms with Crippen molar-refractivity contribution in [3.05, 3.63) is 59.7 Å². The third kappa shape index (κ3) is 6.11.